The van der Waals surface area contributed by atoms with E-state index in [1.807, 2.05) is 19.1 Å². The summed E-state index contributed by atoms with van der Waals surface area (Å²) in [5.74, 6) is 2.99. The summed E-state index contributed by atoms with van der Waals surface area (Å²) < 4.78 is 39.0. The lowest BCUT2D eigenvalue weighted by atomic mass is 9.68. The highest BCUT2D eigenvalue weighted by Gasteiger charge is 2.61. The molecule has 188 valence electrons. The molecule has 1 aliphatic heterocycles. The Kier molecular flexibility index (Phi) is 6.30. The predicted molar refractivity (Wildman–Crippen MR) is 142 cm³/mol. The standard InChI is InChI=1S/C30H27NO5S/c1-4-27-25-17-15-21(2)20-30(25,37(33,34)24-13-9-6-10-14-24)26-19-23(35-3)16-18-28(26)31(27)29(32)36-22-11-7-5-8-12-22/h1,5-16,18-19,25,27H,17,20H2,2-3H3. The lowest BCUT2D eigenvalue weighted by molar-refractivity contribution is 0.197. The van der Waals surface area contributed by atoms with E-state index in [2.05, 4.69) is 5.92 Å². The summed E-state index contributed by atoms with van der Waals surface area (Å²) in [5.41, 5.74) is 1.82. The molecule has 0 fully saturated rings. The first kappa shape index (κ1) is 24.7. The minimum atomic E-state index is -3.98. The number of anilines is 1. The van der Waals surface area contributed by atoms with Crippen LogP contribution < -0.4 is 14.4 Å². The normalized spacial score (nSPS) is 22.6. The van der Waals surface area contributed by atoms with E-state index in [0.29, 0.717) is 29.2 Å². The molecular weight excluding hydrogens is 486 g/mol. The summed E-state index contributed by atoms with van der Waals surface area (Å²) in [5, 5.41) is 0. The zero-order chi connectivity index (χ0) is 26.2. The van der Waals surface area contributed by atoms with Crippen molar-refractivity contribution in [2.45, 2.75) is 35.4 Å². The van der Waals surface area contributed by atoms with Crippen molar-refractivity contribution in [3.05, 3.63) is 96.1 Å². The molecule has 37 heavy (non-hydrogen) atoms. The largest absolute Gasteiger partial charge is 0.497 e. The third-order valence-electron chi connectivity index (χ3n) is 7.29. The molecule has 3 unspecified atom stereocenters. The molecule has 1 amide bonds. The number of terminal acetylenes is 1. The van der Waals surface area contributed by atoms with Crippen LogP contribution in [0.5, 0.6) is 11.5 Å². The average Bonchev–Trinajstić information content (AvgIpc) is 2.92. The molecule has 0 aromatic heterocycles. The van der Waals surface area contributed by atoms with E-state index < -0.39 is 32.6 Å². The third kappa shape index (κ3) is 3.89. The van der Waals surface area contributed by atoms with Crippen molar-refractivity contribution >= 4 is 21.6 Å². The van der Waals surface area contributed by atoms with Gasteiger partial charge in [0.15, 0.2) is 9.84 Å². The molecule has 5 rings (SSSR count). The van der Waals surface area contributed by atoms with Crippen molar-refractivity contribution < 1.29 is 22.7 Å². The number of hydrogen-bond acceptors (Lipinski definition) is 5. The summed E-state index contributed by atoms with van der Waals surface area (Å²) in [4.78, 5) is 15.3. The fourth-order valence-corrected chi connectivity index (χ4v) is 8.06. The Morgan fingerprint density at radius 1 is 1.03 bits per heavy atom. The van der Waals surface area contributed by atoms with Gasteiger partial charge < -0.3 is 9.47 Å². The van der Waals surface area contributed by atoms with E-state index in [9.17, 15) is 13.2 Å². The molecule has 3 aromatic rings. The molecule has 2 aliphatic rings. The first-order valence-corrected chi connectivity index (χ1v) is 13.5. The lowest BCUT2D eigenvalue weighted by Gasteiger charge is -2.52. The second-order valence-electron chi connectivity index (χ2n) is 9.32. The molecule has 0 saturated heterocycles. The van der Waals surface area contributed by atoms with Crippen LogP contribution in [-0.2, 0) is 14.6 Å². The SMILES string of the molecule is C#CC1C2CC=C(C)CC2(S(=O)(=O)c2ccccc2)c2cc(OC)ccc2N1C(=O)Oc1ccccc1. The van der Waals surface area contributed by atoms with Crippen LogP contribution in [0.3, 0.4) is 0 Å². The van der Waals surface area contributed by atoms with E-state index in [1.54, 1.807) is 72.8 Å². The van der Waals surface area contributed by atoms with E-state index in [0.717, 1.165) is 5.57 Å². The number of methoxy groups -OCH3 is 1. The van der Waals surface area contributed by atoms with Gasteiger partial charge in [0.2, 0.25) is 0 Å². The van der Waals surface area contributed by atoms with Crippen molar-refractivity contribution in [3.63, 3.8) is 0 Å². The highest BCUT2D eigenvalue weighted by atomic mass is 32.2. The molecule has 0 saturated carbocycles. The van der Waals surface area contributed by atoms with Gasteiger partial charge in [-0.05, 0) is 62.2 Å². The monoisotopic (exact) mass is 513 g/mol. The number of rotatable bonds is 4. The Labute approximate surface area is 217 Å². The number of carbonyl (C=O) groups is 1. The topological polar surface area (TPSA) is 72.9 Å². The molecule has 1 aliphatic carbocycles. The Morgan fingerprint density at radius 3 is 2.35 bits per heavy atom. The van der Waals surface area contributed by atoms with Gasteiger partial charge in [0.25, 0.3) is 0 Å². The number of allylic oxidation sites excluding steroid dienone is 2. The van der Waals surface area contributed by atoms with Crippen molar-refractivity contribution in [1.29, 1.82) is 0 Å². The van der Waals surface area contributed by atoms with E-state index in [-0.39, 0.29) is 11.3 Å². The molecule has 0 spiro atoms. The van der Waals surface area contributed by atoms with E-state index >= 15 is 0 Å². The van der Waals surface area contributed by atoms with Crippen LogP contribution >= 0.6 is 0 Å². The number of ether oxygens (including phenoxy) is 2. The predicted octanol–water partition coefficient (Wildman–Crippen LogP) is 5.74. The highest BCUT2D eigenvalue weighted by Crippen LogP contribution is 2.58. The van der Waals surface area contributed by atoms with Crippen molar-refractivity contribution in [2.75, 3.05) is 12.0 Å². The summed E-state index contributed by atoms with van der Waals surface area (Å²) in [6, 6.07) is 21.4. The van der Waals surface area contributed by atoms with Crippen LogP contribution in [-0.4, -0.2) is 27.7 Å². The number of hydrogen-bond donors (Lipinski definition) is 0. The van der Waals surface area contributed by atoms with Gasteiger partial charge in [0.05, 0.1) is 17.7 Å². The minimum Gasteiger partial charge on any atom is -0.497 e. The van der Waals surface area contributed by atoms with Crippen LogP contribution in [0.4, 0.5) is 10.5 Å². The maximum absolute atomic E-state index is 14.6. The second-order valence-corrected chi connectivity index (χ2v) is 11.5. The first-order chi connectivity index (χ1) is 17.8. The summed E-state index contributed by atoms with van der Waals surface area (Å²) >= 11 is 0. The molecule has 0 radical (unpaired) electrons. The van der Waals surface area contributed by atoms with Crippen LogP contribution in [0.2, 0.25) is 0 Å². The van der Waals surface area contributed by atoms with Crippen LogP contribution in [0, 0.1) is 18.3 Å². The molecule has 0 bridgehead atoms. The van der Waals surface area contributed by atoms with Gasteiger partial charge >= 0.3 is 6.09 Å². The van der Waals surface area contributed by atoms with Gasteiger partial charge in [-0.1, -0.05) is 54.0 Å². The number of carbonyl (C=O) groups excluding carboxylic acids is 1. The molecule has 7 heteroatoms. The summed E-state index contributed by atoms with van der Waals surface area (Å²) in [6.07, 6.45) is 8.06. The van der Waals surface area contributed by atoms with Gasteiger partial charge in [-0.3, -0.25) is 4.90 Å². The van der Waals surface area contributed by atoms with Gasteiger partial charge in [-0.25, -0.2) is 13.2 Å². The number of benzene rings is 3. The van der Waals surface area contributed by atoms with Crippen LogP contribution in [0.1, 0.15) is 25.3 Å². The molecule has 3 aromatic carbocycles. The quantitative estimate of drug-likeness (QED) is 0.329. The smallest absolute Gasteiger partial charge is 0.420 e. The number of fused-ring (bicyclic) bond motifs is 3. The van der Waals surface area contributed by atoms with Gasteiger partial charge in [0.1, 0.15) is 22.3 Å². The zero-order valence-electron chi connectivity index (χ0n) is 20.6. The Hall–Kier alpha value is -4.02. The van der Waals surface area contributed by atoms with Crippen LogP contribution in [0.15, 0.2) is 95.4 Å². The number of amides is 1. The summed E-state index contributed by atoms with van der Waals surface area (Å²) in [6.45, 7) is 1.93. The Balaban J connectivity index is 1.78. The fourth-order valence-electron chi connectivity index (χ4n) is 5.63. The van der Waals surface area contributed by atoms with Crippen molar-refractivity contribution in [3.8, 4) is 23.8 Å². The maximum Gasteiger partial charge on any atom is 0.420 e. The van der Waals surface area contributed by atoms with Gasteiger partial charge in [-0.2, -0.15) is 0 Å². The number of para-hydroxylation sites is 1. The van der Waals surface area contributed by atoms with Gasteiger partial charge in [-0.15, -0.1) is 6.42 Å². The molecular formula is C30H27NO5S. The lowest BCUT2D eigenvalue weighted by Crippen LogP contribution is -2.60. The average molecular weight is 514 g/mol. The molecule has 3 atom stereocenters. The molecule has 6 nitrogen and oxygen atoms in total. The van der Waals surface area contributed by atoms with E-state index in [1.165, 1.54) is 12.0 Å². The Bertz CT molecular complexity index is 1510. The van der Waals surface area contributed by atoms with E-state index in [4.69, 9.17) is 15.9 Å². The molecule has 0 N–H and O–H groups in total. The number of sulfone groups is 1. The molecule has 1 heterocycles. The Morgan fingerprint density at radius 2 is 1.70 bits per heavy atom. The highest BCUT2D eigenvalue weighted by molar-refractivity contribution is 7.92. The maximum atomic E-state index is 14.6. The fraction of sp³-hybridized carbons (Fsp3) is 0.233. The zero-order valence-corrected chi connectivity index (χ0v) is 21.4. The minimum absolute atomic E-state index is 0.208. The van der Waals surface area contributed by atoms with Crippen LogP contribution in [0.25, 0.3) is 0 Å². The first-order valence-electron chi connectivity index (χ1n) is 12.0. The van der Waals surface area contributed by atoms with Gasteiger partial charge in [0, 0.05) is 11.5 Å². The number of nitrogens with zero attached hydrogens (tertiary/aromatic N) is 1. The van der Waals surface area contributed by atoms with Crippen molar-refractivity contribution in [1.82, 2.24) is 0 Å². The van der Waals surface area contributed by atoms with Crippen molar-refractivity contribution in [2.24, 2.45) is 5.92 Å². The third-order valence-corrected chi connectivity index (χ3v) is 9.81. The second kappa shape index (κ2) is 9.45. The summed E-state index contributed by atoms with van der Waals surface area (Å²) in [7, 11) is -2.45.